The van der Waals surface area contributed by atoms with Gasteiger partial charge in [-0.1, -0.05) is 13.0 Å². The molecule has 174 valence electrons. The van der Waals surface area contributed by atoms with Crippen molar-refractivity contribution in [1.82, 2.24) is 30.0 Å². The molecule has 1 aromatic carbocycles. The highest BCUT2D eigenvalue weighted by atomic mass is 16.5. The van der Waals surface area contributed by atoms with Gasteiger partial charge in [0.2, 0.25) is 17.7 Å². The summed E-state index contributed by atoms with van der Waals surface area (Å²) < 4.78 is 5.66. The van der Waals surface area contributed by atoms with Gasteiger partial charge in [0.05, 0.1) is 29.6 Å². The fourth-order valence-corrected chi connectivity index (χ4v) is 5.38. The van der Waals surface area contributed by atoms with Gasteiger partial charge < -0.3 is 19.9 Å². The number of amides is 1. The lowest BCUT2D eigenvalue weighted by atomic mass is 9.66. The van der Waals surface area contributed by atoms with Gasteiger partial charge in [-0.3, -0.25) is 4.79 Å². The van der Waals surface area contributed by atoms with Crippen LogP contribution in [0.25, 0.3) is 33.1 Å². The number of carbonyl (C=O) groups is 1. The van der Waals surface area contributed by atoms with E-state index in [1.165, 1.54) is 0 Å². The van der Waals surface area contributed by atoms with Crippen molar-refractivity contribution in [2.75, 3.05) is 25.5 Å². The smallest absolute Gasteiger partial charge is 0.228 e. The fourth-order valence-electron chi connectivity index (χ4n) is 5.38. The van der Waals surface area contributed by atoms with Crippen molar-refractivity contribution in [3.63, 3.8) is 0 Å². The number of methoxy groups -OCH3 is 1. The first kappa shape index (κ1) is 20.8. The summed E-state index contributed by atoms with van der Waals surface area (Å²) in [5, 5.41) is 13.4. The zero-order valence-electron chi connectivity index (χ0n) is 19.3. The first-order valence-corrected chi connectivity index (χ1v) is 11.7. The van der Waals surface area contributed by atoms with Gasteiger partial charge in [0.1, 0.15) is 5.65 Å². The van der Waals surface area contributed by atoms with Crippen molar-refractivity contribution in [3.8, 4) is 17.0 Å². The maximum absolute atomic E-state index is 12.9. The van der Waals surface area contributed by atoms with Crippen molar-refractivity contribution >= 4 is 33.8 Å². The highest BCUT2D eigenvalue weighted by Gasteiger charge is 2.48. The summed E-state index contributed by atoms with van der Waals surface area (Å²) in [6, 6.07) is 8.14. The SMILES string of the molecule is COc1nc(N[C@H]2C[C@](C)(C(=O)N3CCCC3)C2)nc2[nH]cc(-c3ccc4nnccc4c3)c12. The number of nitrogens with one attached hydrogen (secondary N) is 2. The first-order valence-electron chi connectivity index (χ1n) is 11.7. The minimum atomic E-state index is -0.295. The molecule has 4 aromatic rings. The number of likely N-dealkylation sites (tertiary alicyclic amines) is 1. The summed E-state index contributed by atoms with van der Waals surface area (Å²) in [5.74, 6) is 1.30. The molecule has 0 atom stereocenters. The third-order valence-electron chi connectivity index (χ3n) is 7.15. The van der Waals surface area contributed by atoms with E-state index in [0.717, 1.165) is 66.2 Å². The van der Waals surface area contributed by atoms with E-state index in [0.29, 0.717) is 17.5 Å². The number of rotatable bonds is 5. The maximum Gasteiger partial charge on any atom is 0.228 e. The summed E-state index contributed by atoms with van der Waals surface area (Å²) in [6.45, 7) is 3.86. The van der Waals surface area contributed by atoms with Crippen LogP contribution in [0.3, 0.4) is 0 Å². The maximum atomic E-state index is 12.9. The van der Waals surface area contributed by atoms with Crippen LogP contribution in [0, 0.1) is 5.41 Å². The number of hydrogen-bond donors (Lipinski definition) is 2. The molecule has 34 heavy (non-hydrogen) atoms. The molecule has 0 unspecified atom stereocenters. The number of benzene rings is 1. The number of ether oxygens (including phenoxy) is 1. The lowest BCUT2D eigenvalue weighted by Crippen LogP contribution is -2.53. The van der Waals surface area contributed by atoms with E-state index in [1.54, 1.807) is 13.3 Å². The van der Waals surface area contributed by atoms with E-state index >= 15 is 0 Å². The minimum absolute atomic E-state index is 0.162. The number of aromatic amines is 1. The fraction of sp³-hybridized carbons (Fsp3) is 0.400. The summed E-state index contributed by atoms with van der Waals surface area (Å²) in [6.07, 6.45) is 7.40. The van der Waals surface area contributed by atoms with E-state index in [4.69, 9.17) is 9.72 Å². The van der Waals surface area contributed by atoms with Crippen molar-refractivity contribution in [2.45, 2.75) is 38.6 Å². The van der Waals surface area contributed by atoms with Crippen molar-refractivity contribution in [2.24, 2.45) is 5.41 Å². The van der Waals surface area contributed by atoms with Crippen LogP contribution in [-0.4, -0.2) is 62.2 Å². The molecule has 1 saturated carbocycles. The Kier molecular flexibility index (Phi) is 4.86. The zero-order valence-corrected chi connectivity index (χ0v) is 19.3. The number of anilines is 1. The van der Waals surface area contributed by atoms with Crippen LogP contribution >= 0.6 is 0 Å². The standard InChI is InChI=1S/C25H27N7O2/c1-25(23(33)32-9-3-4-10-32)12-17(13-25)28-24-29-21-20(22(30-24)34-2)18(14-26-21)15-5-6-19-16(11-15)7-8-27-31-19/h5-8,11,14,17H,3-4,9-10,12-13H2,1-2H3,(H2,26,28,29,30)/t17-,25-. The van der Waals surface area contributed by atoms with Crippen molar-refractivity contribution in [3.05, 3.63) is 36.7 Å². The second kappa shape index (κ2) is 7.93. The molecular weight excluding hydrogens is 430 g/mol. The summed E-state index contributed by atoms with van der Waals surface area (Å²) in [7, 11) is 1.62. The van der Waals surface area contributed by atoms with Crippen LogP contribution < -0.4 is 10.1 Å². The Balaban J connectivity index is 1.25. The Labute approximate surface area is 196 Å². The van der Waals surface area contributed by atoms with Crippen LogP contribution in [0.2, 0.25) is 0 Å². The largest absolute Gasteiger partial charge is 0.480 e. The molecule has 2 aliphatic rings. The molecular formula is C25H27N7O2. The average molecular weight is 458 g/mol. The Bertz CT molecular complexity index is 1390. The Morgan fingerprint density at radius 2 is 2.03 bits per heavy atom. The molecule has 1 amide bonds. The van der Waals surface area contributed by atoms with Crippen LogP contribution in [0.15, 0.2) is 36.7 Å². The van der Waals surface area contributed by atoms with Crippen LogP contribution in [0.4, 0.5) is 5.95 Å². The predicted octanol–water partition coefficient (Wildman–Crippen LogP) is 3.78. The zero-order chi connectivity index (χ0) is 23.3. The Morgan fingerprint density at radius 3 is 2.82 bits per heavy atom. The van der Waals surface area contributed by atoms with E-state index in [1.807, 2.05) is 29.3 Å². The topological polar surface area (TPSA) is 109 Å². The van der Waals surface area contributed by atoms with Gasteiger partial charge in [0.15, 0.2) is 0 Å². The van der Waals surface area contributed by atoms with Crippen molar-refractivity contribution in [1.29, 1.82) is 0 Å². The Morgan fingerprint density at radius 1 is 1.21 bits per heavy atom. The van der Waals surface area contributed by atoms with Crippen molar-refractivity contribution < 1.29 is 9.53 Å². The quantitative estimate of drug-likeness (QED) is 0.469. The number of nitrogens with zero attached hydrogens (tertiary/aromatic N) is 5. The molecule has 9 heteroatoms. The molecule has 1 saturated heterocycles. The Hall–Kier alpha value is -3.75. The highest BCUT2D eigenvalue weighted by molar-refractivity contribution is 5.99. The third-order valence-corrected chi connectivity index (χ3v) is 7.15. The number of H-pyrrole nitrogens is 1. The number of aromatic nitrogens is 5. The molecule has 2 fully saturated rings. The molecule has 0 spiro atoms. The van der Waals surface area contributed by atoms with Gasteiger partial charge >= 0.3 is 0 Å². The van der Waals surface area contributed by atoms with Crippen LogP contribution in [0.5, 0.6) is 5.88 Å². The van der Waals surface area contributed by atoms with E-state index in [2.05, 4.69) is 38.5 Å². The molecule has 0 radical (unpaired) electrons. The second-order valence-electron chi connectivity index (χ2n) is 9.60. The molecule has 3 aromatic heterocycles. The van der Waals surface area contributed by atoms with E-state index < -0.39 is 0 Å². The highest BCUT2D eigenvalue weighted by Crippen LogP contribution is 2.44. The number of hydrogen-bond acceptors (Lipinski definition) is 7. The molecule has 4 heterocycles. The predicted molar refractivity (Wildman–Crippen MR) is 130 cm³/mol. The number of fused-ring (bicyclic) bond motifs is 2. The van der Waals surface area contributed by atoms with Gasteiger partial charge in [0, 0.05) is 36.3 Å². The normalized spacial score (nSPS) is 22.2. The summed E-state index contributed by atoms with van der Waals surface area (Å²) >= 11 is 0. The third kappa shape index (κ3) is 3.43. The summed E-state index contributed by atoms with van der Waals surface area (Å²) in [5.41, 5.74) is 3.23. The molecule has 9 nitrogen and oxygen atoms in total. The van der Waals surface area contributed by atoms with Crippen LogP contribution in [-0.2, 0) is 4.79 Å². The second-order valence-corrected chi connectivity index (χ2v) is 9.60. The van der Waals surface area contributed by atoms with Crippen LogP contribution in [0.1, 0.15) is 32.6 Å². The summed E-state index contributed by atoms with van der Waals surface area (Å²) in [4.78, 5) is 27.5. The molecule has 6 rings (SSSR count). The van der Waals surface area contributed by atoms with Gasteiger partial charge in [-0.2, -0.15) is 20.2 Å². The van der Waals surface area contributed by atoms with E-state index in [-0.39, 0.29) is 17.4 Å². The molecule has 2 N–H and O–H groups in total. The first-order chi connectivity index (χ1) is 16.5. The van der Waals surface area contributed by atoms with Gasteiger partial charge in [-0.05, 0) is 49.4 Å². The van der Waals surface area contributed by atoms with Gasteiger partial charge in [0.25, 0.3) is 0 Å². The lowest BCUT2D eigenvalue weighted by molar-refractivity contribution is -0.145. The average Bonchev–Trinajstić information content (AvgIpc) is 3.52. The molecule has 0 bridgehead atoms. The van der Waals surface area contributed by atoms with E-state index in [9.17, 15) is 4.79 Å². The minimum Gasteiger partial charge on any atom is -0.480 e. The lowest BCUT2D eigenvalue weighted by Gasteiger charge is -2.45. The number of carbonyl (C=O) groups excluding carboxylic acids is 1. The monoisotopic (exact) mass is 457 g/mol. The van der Waals surface area contributed by atoms with Gasteiger partial charge in [-0.25, -0.2) is 0 Å². The van der Waals surface area contributed by atoms with Gasteiger partial charge in [-0.15, -0.1) is 0 Å². The molecule has 1 aliphatic carbocycles. The molecule has 1 aliphatic heterocycles.